The van der Waals surface area contributed by atoms with Crippen molar-refractivity contribution >= 4 is 35.1 Å². The van der Waals surface area contributed by atoms with Gasteiger partial charge in [-0.05, 0) is 37.6 Å². The zero-order chi connectivity index (χ0) is 19.6. The van der Waals surface area contributed by atoms with Crippen molar-refractivity contribution in [3.63, 3.8) is 0 Å². The predicted molar refractivity (Wildman–Crippen MR) is 98.5 cm³/mol. The Hall–Kier alpha value is -2.02. The van der Waals surface area contributed by atoms with E-state index in [9.17, 15) is 19.8 Å². The average molecular weight is 400 g/mol. The maximum atomic E-state index is 12.0. The van der Waals surface area contributed by atoms with Crippen LogP contribution >= 0.6 is 23.2 Å². The fourth-order valence-electron chi connectivity index (χ4n) is 3.23. The van der Waals surface area contributed by atoms with E-state index in [1.165, 1.54) is 19.2 Å². The van der Waals surface area contributed by atoms with Crippen molar-refractivity contribution in [2.75, 3.05) is 20.3 Å². The smallest absolute Gasteiger partial charge is 0.334 e. The van der Waals surface area contributed by atoms with Crippen molar-refractivity contribution in [3.8, 4) is 0 Å². The third-order valence-electron chi connectivity index (χ3n) is 4.42. The molecule has 1 aromatic rings. The summed E-state index contributed by atoms with van der Waals surface area (Å²) in [6.45, 7) is 3.94. The molecule has 0 atom stereocenters. The molecule has 140 valence electrons. The molecule has 0 aliphatic carbocycles. The molecule has 26 heavy (non-hydrogen) atoms. The van der Waals surface area contributed by atoms with E-state index in [1.54, 1.807) is 24.8 Å². The molecule has 1 heterocycles. The molecule has 0 unspecified atom stereocenters. The van der Waals surface area contributed by atoms with Gasteiger partial charge >= 0.3 is 11.9 Å². The summed E-state index contributed by atoms with van der Waals surface area (Å²) in [5.74, 6) is -3.45. The minimum atomic E-state index is -1.21. The highest BCUT2D eigenvalue weighted by molar-refractivity contribution is 6.33. The van der Waals surface area contributed by atoms with Crippen LogP contribution in [0.5, 0.6) is 0 Å². The van der Waals surface area contributed by atoms with Crippen molar-refractivity contribution in [3.05, 3.63) is 56.3 Å². The van der Waals surface area contributed by atoms with Crippen molar-refractivity contribution < 1.29 is 24.5 Å². The molecule has 0 amide bonds. The number of ether oxygens (including phenoxy) is 1. The first-order valence-electron chi connectivity index (χ1n) is 7.80. The molecule has 0 radical (unpaired) electrons. The Morgan fingerprint density at radius 3 is 2.12 bits per heavy atom. The summed E-state index contributed by atoms with van der Waals surface area (Å²) in [4.78, 5) is 25.7. The normalized spacial score (nSPS) is 15.7. The summed E-state index contributed by atoms with van der Waals surface area (Å²) >= 11 is 12.3. The first-order chi connectivity index (χ1) is 12.2. The number of carboxylic acids is 2. The van der Waals surface area contributed by atoms with Crippen molar-refractivity contribution in [2.24, 2.45) is 0 Å². The third-order valence-corrected chi connectivity index (χ3v) is 4.99. The molecule has 6 nitrogen and oxygen atoms in total. The molecule has 0 saturated heterocycles. The molecule has 0 aromatic heterocycles. The van der Waals surface area contributed by atoms with Crippen LogP contribution in [0.15, 0.2) is 40.7 Å². The molecule has 8 heteroatoms. The topological polar surface area (TPSA) is 87.1 Å². The van der Waals surface area contributed by atoms with E-state index in [4.69, 9.17) is 27.9 Å². The van der Waals surface area contributed by atoms with Gasteiger partial charge < -0.3 is 19.8 Å². The van der Waals surface area contributed by atoms with Crippen LogP contribution in [0.25, 0.3) is 0 Å². The van der Waals surface area contributed by atoms with Gasteiger partial charge in [-0.15, -0.1) is 0 Å². The van der Waals surface area contributed by atoms with Gasteiger partial charge in [0.1, 0.15) is 0 Å². The summed E-state index contributed by atoms with van der Waals surface area (Å²) < 4.78 is 5.06. The van der Waals surface area contributed by atoms with Crippen LogP contribution in [0.1, 0.15) is 25.3 Å². The number of aliphatic carboxylic acids is 2. The van der Waals surface area contributed by atoms with Gasteiger partial charge in [-0.25, -0.2) is 9.59 Å². The van der Waals surface area contributed by atoms with Gasteiger partial charge in [-0.2, -0.15) is 0 Å². The average Bonchev–Trinajstić information content (AvgIpc) is 2.55. The van der Waals surface area contributed by atoms with E-state index in [0.717, 1.165) is 0 Å². The summed E-state index contributed by atoms with van der Waals surface area (Å²) in [6, 6.07) is 4.60. The summed E-state index contributed by atoms with van der Waals surface area (Å²) in [5.41, 5.74) is 1.14. The molecule has 0 spiro atoms. The summed E-state index contributed by atoms with van der Waals surface area (Å²) in [6.07, 6.45) is 0. The molecular weight excluding hydrogens is 381 g/mol. The van der Waals surface area contributed by atoms with Gasteiger partial charge in [0.15, 0.2) is 0 Å². The van der Waals surface area contributed by atoms with E-state index < -0.39 is 17.9 Å². The predicted octanol–water partition coefficient (Wildman–Crippen LogP) is 3.76. The second-order valence-corrected chi connectivity index (χ2v) is 6.70. The van der Waals surface area contributed by atoms with Crippen LogP contribution in [-0.2, 0) is 14.3 Å². The van der Waals surface area contributed by atoms with Crippen molar-refractivity contribution in [2.45, 2.75) is 19.8 Å². The lowest BCUT2D eigenvalue weighted by Gasteiger charge is -2.37. The molecule has 2 N–H and O–H groups in total. The van der Waals surface area contributed by atoms with Crippen LogP contribution in [0, 0.1) is 0 Å². The first kappa shape index (κ1) is 20.3. The van der Waals surface area contributed by atoms with Gasteiger partial charge in [-0.3, -0.25) is 0 Å². The number of carboxylic acid groups (broad SMARTS) is 2. The SMILES string of the molecule is COCCN1C(C)=C(C(=O)O)C(c2cc(Cl)ccc2Cl)C(C(=O)O)=C1C. The fourth-order valence-corrected chi connectivity index (χ4v) is 3.63. The monoisotopic (exact) mass is 399 g/mol. The number of rotatable bonds is 6. The van der Waals surface area contributed by atoms with E-state index in [-0.39, 0.29) is 16.2 Å². The molecular formula is C18H19Cl2NO5. The van der Waals surface area contributed by atoms with Crippen molar-refractivity contribution in [1.29, 1.82) is 0 Å². The standard InChI is InChI=1S/C18H19Cl2NO5/c1-9-14(17(22)23)16(12-8-11(19)4-5-13(12)20)15(18(24)25)10(2)21(9)6-7-26-3/h4-5,8,16H,6-7H2,1-3H3,(H,22,23)(H,24,25). The maximum absolute atomic E-state index is 12.0. The Morgan fingerprint density at radius 2 is 1.65 bits per heavy atom. The number of methoxy groups -OCH3 is 1. The molecule has 0 fully saturated rings. The van der Waals surface area contributed by atoms with Gasteiger partial charge in [-0.1, -0.05) is 23.2 Å². The molecule has 1 aliphatic rings. The highest BCUT2D eigenvalue weighted by Gasteiger charge is 2.40. The van der Waals surface area contributed by atoms with E-state index in [2.05, 4.69) is 0 Å². The van der Waals surface area contributed by atoms with Gasteiger partial charge in [0.2, 0.25) is 0 Å². The Morgan fingerprint density at radius 1 is 1.12 bits per heavy atom. The second kappa shape index (κ2) is 8.12. The Kier molecular flexibility index (Phi) is 6.34. The summed E-state index contributed by atoms with van der Waals surface area (Å²) in [5, 5.41) is 20.2. The lowest BCUT2D eigenvalue weighted by Crippen LogP contribution is -2.36. The van der Waals surface area contributed by atoms with Crippen molar-refractivity contribution in [1.82, 2.24) is 4.90 Å². The summed E-state index contributed by atoms with van der Waals surface area (Å²) in [7, 11) is 1.52. The minimum absolute atomic E-state index is 0.0479. The number of halogens is 2. The lowest BCUT2D eigenvalue weighted by molar-refractivity contribution is -0.133. The molecule has 1 aromatic carbocycles. The first-order valence-corrected chi connectivity index (χ1v) is 8.55. The Labute approximate surface area is 161 Å². The number of hydrogen-bond acceptors (Lipinski definition) is 4. The van der Waals surface area contributed by atoms with Crippen LogP contribution in [0.2, 0.25) is 10.0 Å². The minimum Gasteiger partial charge on any atom is -0.478 e. The quantitative estimate of drug-likeness (QED) is 0.756. The van der Waals surface area contributed by atoms with Crippen LogP contribution in [-0.4, -0.2) is 47.3 Å². The van der Waals surface area contributed by atoms with Gasteiger partial charge in [0.25, 0.3) is 0 Å². The number of carbonyl (C=O) groups is 2. The van der Waals surface area contributed by atoms with E-state index in [0.29, 0.717) is 35.1 Å². The highest BCUT2D eigenvalue weighted by atomic mass is 35.5. The molecule has 0 saturated carbocycles. The Bertz CT molecular complexity index is 778. The lowest BCUT2D eigenvalue weighted by atomic mass is 9.79. The Balaban J connectivity index is 2.77. The number of nitrogens with zero attached hydrogens (tertiary/aromatic N) is 1. The number of allylic oxidation sites excluding steroid dienone is 2. The number of hydrogen-bond donors (Lipinski definition) is 2. The van der Waals surface area contributed by atoms with E-state index >= 15 is 0 Å². The van der Waals surface area contributed by atoms with Crippen LogP contribution < -0.4 is 0 Å². The molecule has 0 bridgehead atoms. The van der Waals surface area contributed by atoms with Gasteiger partial charge in [0, 0.05) is 35.1 Å². The zero-order valence-corrected chi connectivity index (χ0v) is 16.1. The third kappa shape index (κ3) is 3.72. The maximum Gasteiger partial charge on any atom is 0.334 e. The largest absolute Gasteiger partial charge is 0.478 e. The molecule has 1 aliphatic heterocycles. The zero-order valence-electron chi connectivity index (χ0n) is 14.5. The van der Waals surface area contributed by atoms with Gasteiger partial charge in [0.05, 0.1) is 23.7 Å². The fraction of sp³-hybridized carbons (Fsp3) is 0.333. The molecule has 2 rings (SSSR count). The second-order valence-electron chi connectivity index (χ2n) is 5.85. The highest BCUT2D eigenvalue weighted by Crippen LogP contribution is 2.44. The van der Waals surface area contributed by atoms with E-state index in [1.807, 2.05) is 0 Å². The number of benzene rings is 1. The van der Waals surface area contributed by atoms with Crippen LogP contribution in [0.4, 0.5) is 0 Å². The van der Waals surface area contributed by atoms with Crippen LogP contribution in [0.3, 0.4) is 0 Å².